The smallest absolute Gasteiger partial charge is 0.309 e. The van der Waals surface area contributed by atoms with E-state index in [0.29, 0.717) is 19.4 Å². The van der Waals surface area contributed by atoms with E-state index in [2.05, 4.69) is 10.6 Å². The molecule has 0 aliphatic carbocycles. The van der Waals surface area contributed by atoms with Crippen LogP contribution in [0, 0.1) is 5.41 Å². The third-order valence-electron chi connectivity index (χ3n) is 3.39. The number of benzene rings is 1. The average Bonchev–Trinajstić information content (AvgIpc) is 2.68. The summed E-state index contributed by atoms with van der Waals surface area (Å²) in [5, 5.41) is 15.0. The first-order chi connectivity index (χ1) is 8.88. The highest BCUT2D eigenvalue weighted by Gasteiger charge is 2.26. The molecule has 1 aliphatic heterocycles. The Morgan fingerprint density at radius 3 is 2.89 bits per heavy atom. The van der Waals surface area contributed by atoms with Crippen molar-refractivity contribution >= 4 is 23.3 Å². The molecule has 0 atom stereocenters. The SMILES string of the molecule is CC(C)(CCNc1ccc2c(c1)CC(=O)N2)C(=O)O. The number of carboxylic acid groups (broad SMARTS) is 1. The number of nitrogens with one attached hydrogen (secondary N) is 2. The van der Waals surface area contributed by atoms with Gasteiger partial charge >= 0.3 is 5.97 Å². The summed E-state index contributed by atoms with van der Waals surface area (Å²) in [6, 6.07) is 5.68. The van der Waals surface area contributed by atoms with Crippen LogP contribution in [0.15, 0.2) is 18.2 Å². The van der Waals surface area contributed by atoms with Gasteiger partial charge < -0.3 is 15.7 Å². The fourth-order valence-electron chi connectivity index (χ4n) is 1.97. The lowest BCUT2D eigenvalue weighted by Crippen LogP contribution is -2.26. The monoisotopic (exact) mass is 262 g/mol. The van der Waals surface area contributed by atoms with Gasteiger partial charge in [0.1, 0.15) is 0 Å². The van der Waals surface area contributed by atoms with Crippen molar-refractivity contribution in [3.05, 3.63) is 23.8 Å². The number of hydrogen-bond acceptors (Lipinski definition) is 3. The molecule has 1 aliphatic rings. The minimum atomic E-state index is -0.793. The Morgan fingerprint density at radius 2 is 2.21 bits per heavy atom. The van der Waals surface area contributed by atoms with E-state index in [4.69, 9.17) is 5.11 Å². The first-order valence-corrected chi connectivity index (χ1v) is 6.28. The summed E-state index contributed by atoms with van der Waals surface area (Å²) in [6.45, 7) is 4.00. The molecule has 0 fully saturated rings. The fourth-order valence-corrected chi connectivity index (χ4v) is 1.97. The highest BCUT2D eigenvalue weighted by molar-refractivity contribution is 5.99. The summed E-state index contributed by atoms with van der Waals surface area (Å²) in [6.07, 6.45) is 0.946. The maximum atomic E-state index is 11.2. The maximum absolute atomic E-state index is 11.2. The van der Waals surface area contributed by atoms with E-state index in [1.165, 1.54) is 0 Å². The van der Waals surface area contributed by atoms with E-state index < -0.39 is 11.4 Å². The highest BCUT2D eigenvalue weighted by atomic mass is 16.4. The minimum absolute atomic E-state index is 0.0131. The number of fused-ring (bicyclic) bond motifs is 1. The molecule has 0 bridgehead atoms. The van der Waals surface area contributed by atoms with E-state index in [1.807, 2.05) is 18.2 Å². The predicted octanol–water partition coefficient (Wildman–Crippen LogP) is 2.09. The summed E-state index contributed by atoms with van der Waals surface area (Å²) in [5.41, 5.74) is 2.02. The summed E-state index contributed by atoms with van der Waals surface area (Å²) in [7, 11) is 0. The van der Waals surface area contributed by atoms with Crippen LogP contribution in [-0.4, -0.2) is 23.5 Å². The van der Waals surface area contributed by atoms with Crippen molar-refractivity contribution in [2.75, 3.05) is 17.2 Å². The predicted molar refractivity (Wildman–Crippen MR) is 73.3 cm³/mol. The van der Waals surface area contributed by atoms with Crippen LogP contribution < -0.4 is 10.6 Å². The zero-order chi connectivity index (χ0) is 14.0. The van der Waals surface area contributed by atoms with Crippen LogP contribution in [0.4, 0.5) is 11.4 Å². The van der Waals surface area contributed by atoms with Gasteiger partial charge in [-0.2, -0.15) is 0 Å². The fraction of sp³-hybridized carbons (Fsp3) is 0.429. The van der Waals surface area contributed by atoms with E-state index >= 15 is 0 Å². The molecule has 1 aromatic rings. The number of rotatable bonds is 5. The lowest BCUT2D eigenvalue weighted by molar-refractivity contribution is -0.147. The Labute approximate surface area is 112 Å². The molecule has 1 amide bonds. The van der Waals surface area contributed by atoms with Crippen LogP contribution in [0.1, 0.15) is 25.8 Å². The summed E-state index contributed by atoms with van der Waals surface area (Å²) < 4.78 is 0. The second-order valence-electron chi connectivity index (χ2n) is 5.46. The average molecular weight is 262 g/mol. The van der Waals surface area contributed by atoms with Crippen LogP contribution in [0.3, 0.4) is 0 Å². The molecular formula is C14H18N2O3. The van der Waals surface area contributed by atoms with Crippen molar-refractivity contribution in [3.63, 3.8) is 0 Å². The lowest BCUT2D eigenvalue weighted by atomic mass is 9.90. The molecule has 5 nitrogen and oxygen atoms in total. The van der Waals surface area contributed by atoms with Crippen molar-refractivity contribution in [3.8, 4) is 0 Å². The van der Waals surface area contributed by atoms with Crippen molar-refractivity contribution in [1.29, 1.82) is 0 Å². The van der Waals surface area contributed by atoms with E-state index in [1.54, 1.807) is 13.8 Å². The number of aliphatic carboxylic acids is 1. The highest BCUT2D eigenvalue weighted by Crippen LogP contribution is 2.26. The van der Waals surface area contributed by atoms with Crippen molar-refractivity contribution in [2.45, 2.75) is 26.7 Å². The van der Waals surface area contributed by atoms with Crippen molar-refractivity contribution in [2.24, 2.45) is 5.41 Å². The largest absolute Gasteiger partial charge is 0.481 e. The number of anilines is 2. The Hall–Kier alpha value is -2.04. The molecule has 0 unspecified atom stereocenters. The summed E-state index contributed by atoms with van der Waals surface area (Å²) >= 11 is 0. The first-order valence-electron chi connectivity index (χ1n) is 6.28. The second-order valence-corrected chi connectivity index (χ2v) is 5.46. The van der Waals surface area contributed by atoms with Gasteiger partial charge in [0.05, 0.1) is 11.8 Å². The van der Waals surface area contributed by atoms with Gasteiger partial charge in [0.15, 0.2) is 0 Å². The topological polar surface area (TPSA) is 78.4 Å². The standard InChI is InChI=1S/C14H18N2O3/c1-14(2,13(18)19)5-6-15-10-3-4-11-9(7-10)8-12(17)16-11/h3-4,7,15H,5-6,8H2,1-2H3,(H,16,17)(H,18,19). The molecular weight excluding hydrogens is 244 g/mol. The molecule has 1 heterocycles. The molecule has 1 aromatic carbocycles. The Balaban J connectivity index is 1.93. The van der Waals surface area contributed by atoms with Crippen molar-refractivity contribution in [1.82, 2.24) is 0 Å². The molecule has 102 valence electrons. The Kier molecular flexibility index (Phi) is 3.46. The molecule has 0 radical (unpaired) electrons. The quantitative estimate of drug-likeness (QED) is 0.759. The van der Waals surface area contributed by atoms with Crippen LogP contribution in [0.2, 0.25) is 0 Å². The number of carbonyl (C=O) groups is 2. The van der Waals surface area contributed by atoms with E-state index in [-0.39, 0.29) is 5.91 Å². The summed E-state index contributed by atoms with van der Waals surface area (Å²) in [5.74, 6) is -0.780. The van der Waals surface area contributed by atoms with Gasteiger partial charge in [-0.05, 0) is 44.0 Å². The zero-order valence-electron chi connectivity index (χ0n) is 11.1. The number of hydrogen-bond donors (Lipinski definition) is 3. The molecule has 3 N–H and O–H groups in total. The van der Waals surface area contributed by atoms with Gasteiger partial charge in [-0.25, -0.2) is 0 Å². The van der Waals surface area contributed by atoms with Gasteiger partial charge in [0.25, 0.3) is 0 Å². The molecule has 0 saturated carbocycles. The molecule has 0 saturated heterocycles. The Bertz CT molecular complexity index is 523. The number of carbonyl (C=O) groups excluding carboxylic acids is 1. The van der Waals surface area contributed by atoms with E-state index in [9.17, 15) is 9.59 Å². The van der Waals surface area contributed by atoms with Gasteiger partial charge in [0.2, 0.25) is 5.91 Å². The van der Waals surface area contributed by atoms with Crippen molar-refractivity contribution < 1.29 is 14.7 Å². The van der Waals surface area contributed by atoms with Gasteiger partial charge in [-0.1, -0.05) is 0 Å². The second kappa shape index (κ2) is 4.91. The number of carboxylic acids is 1. The van der Waals surface area contributed by atoms with Gasteiger partial charge in [-0.3, -0.25) is 9.59 Å². The van der Waals surface area contributed by atoms with Crippen LogP contribution in [0.5, 0.6) is 0 Å². The van der Waals surface area contributed by atoms with E-state index in [0.717, 1.165) is 16.9 Å². The molecule has 2 rings (SSSR count). The van der Waals surface area contributed by atoms with Crippen LogP contribution in [-0.2, 0) is 16.0 Å². The third kappa shape index (κ3) is 3.05. The van der Waals surface area contributed by atoms with Gasteiger partial charge in [-0.15, -0.1) is 0 Å². The zero-order valence-corrected chi connectivity index (χ0v) is 11.1. The molecule has 5 heteroatoms. The molecule has 0 aromatic heterocycles. The van der Waals surface area contributed by atoms with Crippen LogP contribution >= 0.6 is 0 Å². The normalized spacial score (nSPS) is 13.9. The van der Waals surface area contributed by atoms with Crippen LogP contribution in [0.25, 0.3) is 0 Å². The third-order valence-corrected chi connectivity index (χ3v) is 3.39. The number of amides is 1. The van der Waals surface area contributed by atoms with Gasteiger partial charge in [0, 0.05) is 17.9 Å². The molecule has 0 spiro atoms. The maximum Gasteiger partial charge on any atom is 0.309 e. The summed E-state index contributed by atoms with van der Waals surface area (Å²) in [4.78, 5) is 22.2. The minimum Gasteiger partial charge on any atom is -0.481 e. The first kappa shape index (κ1) is 13.4. The molecule has 19 heavy (non-hydrogen) atoms. The lowest BCUT2D eigenvalue weighted by Gasteiger charge is -2.19. The Morgan fingerprint density at radius 1 is 1.47 bits per heavy atom.